The maximum atomic E-state index is 11.3. The summed E-state index contributed by atoms with van der Waals surface area (Å²) in [6.07, 6.45) is 7.12. The molecule has 0 amide bonds. The van der Waals surface area contributed by atoms with Gasteiger partial charge in [0.1, 0.15) is 5.52 Å². The second kappa shape index (κ2) is 7.10. The van der Waals surface area contributed by atoms with Crippen molar-refractivity contribution in [2.24, 2.45) is 0 Å². The van der Waals surface area contributed by atoms with Gasteiger partial charge in [0.15, 0.2) is 0 Å². The van der Waals surface area contributed by atoms with Gasteiger partial charge in [-0.1, -0.05) is 0 Å². The molecule has 1 aliphatic rings. The molecule has 10 heteroatoms. The molecule has 9 nitrogen and oxygen atoms in total. The standard InChI is InChI=1S/C18H23N7O2S/c1-12(2)25-11-21-16-8-20-14(7-17(16)25)6-13-4-5-19-18(22-13)24-9-15(10-24)23-28(3,26)27/h4-5,7-8,11-12,15,23H,6,9-10H2,1-3H3. The number of hydrogen-bond donors (Lipinski definition) is 1. The van der Waals surface area contributed by atoms with Crippen molar-refractivity contribution < 1.29 is 8.42 Å². The minimum Gasteiger partial charge on any atom is -0.337 e. The third-order valence-corrected chi connectivity index (χ3v) is 5.44. The van der Waals surface area contributed by atoms with Crippen molar-refractivity contribution in [3.8, 4) is 0 Å². The van der Waals surface area contributed by atoms with Crippen LogP contribution in [0.2, 0.25) is 0 Å². The lowest BCUT2D eigenvalue weighted by Crippen LogP contribution is -2.59. The molecule has 1 saturated heterocycles. The van der Waals surface area contributed by atoms with Gasteiger partial charge in [-0.05, 0) is 26.0 Å². The van der Waals surface area contributed by atoms with Crippen molar-refractivity contribution in [3.63, 3.8) is 0 Å². The van der Waals surface area contributed by atoms with Gasteiger partial charge < -0.3 is 9.47 Å². The third kappa shape index (κ3) is 3.97. The Bertz CT molecular complexity index is 1100. The highest BCUT2D eigenvalue weighted by Crippen LogP contribution is 2.20. The largest absolute Gasteiger partial charge is 0.337 e. The second-order valence-corrected chi connectivity index (χ2v) is 9.21. The zero-order valence-corrected chi connectivity index (χ0v) is 16.9. The fourth-order valence-corrected chi connectivity index (χ4v) is 4.07. The third-order valence-electron chi connectivity index (χ3n) is 4.68. The van der Waals surface area contributed by atoms with Gasteiger partial charge in [-0.25, -0.2) is 28.1 Å². The van der Waals surface area contributed by atoms with Crippen LogP contribution in [0.4, 0.5) is 5.95 Å². The molecule has 0 saturated carbocycles. The number of pyridine rings is 1. The second-order valence-electron chi connectivity index (χ2n) is 7.43. The van der Waals surface area contributed by atoms with E-state index in [1.165, 1.54) is 6.26 Å². The van der Waals surface area contributed by atoms with Gasteiger partial charge in [0.25, 0.3) is 0 Å². The fraction of sp³-hybridized carbons (Fsp3) is 0.444. The molecule has 1 N–H and O–H groups in total. The highest BCUT2D eigenvalue weighted by molar-refractivity contribution is 7.88. The predicted octanol–water partition coefficient (Wildman–Crippen LogP) is 1.13. The van der Waals surface area contributed by atoms with Crippen molar-refractivity contribution in [2.45, 2.75) is 32.4 Å². The zero-order chi connectivity index (χ0) is 19.9. The summed E-state index contributed by atoms with van der Waals surface area (Å²) in [6.45, 7) is 5.37. The highest BCUT2D eigenvalue weighted by atomic mass is 32.2. The molecule has 0 bridgehead atoms. The number of rotatable bonds is 6. The quantitative estimate of drug-likeness (QED) is 0.660. The summed E-state index contributed by atoms with van der Waals surface area (Å²) in [4.78, 5) is 19.8. The molecule has 28 heavy (non-hydrogen) atoms. The van der Waals surface area contributed by atoms with Crippen LogP contribution in [0.1, 0.15) is 31.3 Å². The van der Waals surface area contributed by atoms with E-state index < -0.39 is 10.0 Å². The average Bonchev–Trinajstić information content (AvgIpc) is 3.00. The number of fused-ring (bicyclic) bond motifs is 1. The van der Waals surface area contributed by atoms with Crippen LogP contribution in [0.25, 0.3) is 11.0 Å². The molecule has 0 unspecified atom stereocenters. The summed E-state index contributed by atoms with van der Waals surface area (Å²) in [6, 6.07) is 4.16. The van der Waals surface area contributed by atoms with E-state index in [4.69, 9.17) is 0 Å². The summed E-state index contributed by atoms with van der Waals surface area (Å²) < 4.78 is 27.3. The lowest BCUT2D eigenvalue weighted by Gasteiger charge is -2.39. The molecule has 1 aliphatic heterocycles. The number of imidazole rings is 1. The molecule has 3 aromatic rings. The number of nitrogens with zero attached hydrogens (tertiary/aromatic N) is 6. The van der Waals surface area contributed by atoms with E-state index in [9.17, 15) is 8.42 Å². The van der Waals surface area contributed by atoms with Gasteiger partial charge in [0.2, 0.25) is 16.0 Å². The van der Waals surface area contributed by atoms with Crippen LogP contribution in [0.5, 0.6) is 0 Å². The van der Waals surface area contributed by atoms with Crippen LogP contribution in [-0.4, -0.2) is 58.3 Å². The monoisotopic (exact) mass is 401 g/mol. The Hall–Kier alpha value is -2.59. The summed E-state index contributed by atoms with van der Waals surface area (Å²) in [7, 11) is -3.19. The molecule has 4 heterocycles. The minimum absolute atomic E-state index is 0.0948. The molecule has 0 spiro atoms. The summed E-state index contributed by atoms with van der Waals surface area (Å²) >= 11 is 0. The topological polar surface area (TPSA) is 106 Å². The van der Waals surface area contributed by atoms with E-state index in [1.54, 1.807) is 12.4 Å². The van der Waals surface area contributed by atoms with Gasteiger partial charge in [0.05, 0.1) is 36.0 Å². The molecule has 4 rings (SSSR count). The normalized spacial score (nSPS) is 15.4. The Morgan fingerprint density at radius 1 is 1.21 bits per heavy atom. The first-order valence-electron chi connectivity index (χ1n) is 9.14. The van der Waals surface area contributed by atoms with Crippen LogP contribution in [-0.2, 0) is 16.4 Å². The van der Waals surface area contributed by atoms with E-state index in [1.807, 2.05) is 17.3 Å². The van der Waals surface area contributed by atoms with E-state index in [0.717, 1.165) is 22.4 Å². The van der Waals surface area contributed by atoms with Gasteiger partial charge in [-0.15, -0.1) is 0 Å². The van der Waals surface area contributed by atoms with Crippen molar-refractivity contribution in [3.05, 3.63) is 42.2 Å². The van der Waals surface area contributed by atoms with Crippen LogP contribution in [0.3, 0.4) is 0 Å². The van der Waals surface area contributed by atoms with Gasteiger partial charge in [-0.2, -0.15) is 0 Å². The predicted molar refractivity (Wildman–Crippen MR) is 107 cm³/mol. The van der Waals surface area contributed by atoms with Crippen LogP contribution in [0, 0.1) is 0 Å². The molecule has 1 fully saturated rings. The van der Waals surface area contributed by atoms with E-state index in [2.05, 4.69) is 49.1 Å². The Kier molecular flexibility index (Phi) is 4.76. The lowest BCUT2D eigenvalue weighted by atomic mass is 10.1. The molecule has 0 atom stereocenters. The number of nitrogens with one attached hydrogen (secondary N) is 1. The molecule has 3 aromatic heterocycles. The summed E-state index contributed by atoms with van der Waals surface area (Å²) in [5.41, 5.74) is 3.73. The first kappa shape index (κ1) is 18.8. The number of hydrogen-bond acceptors (Lipinski definition) is 7. The van der Waals surface area contributed by atoms with Crippen molar-refractivity contribution in [2.75, 3.05) is 24.2 Å². The minimum atomic E-state index is -3.19. The first-order chi connectivity index (χ1) is 13.3. The van der Waals surface area contributed by atoms with Gasteiger partial charge >= 0.3 is 0 Å². The van der Waals surface area contributed by atoms with E-state index in [0.29, 0.717) is 31.5 Å². The number of sulfonamides is 1. The van der Waals surface area contributed by atoms with Crippen LogP contribution >= 0.6 is 0 Å². The molecular weight excluding hydrogens is 378 g/mol. The van der Waals surface area contributed by atoms with Gasteiger partial charge in [0, 0.05) is 37.4 Å². The number of anilines is 1. The zero-order valence-electron chi connectivity index (χ0n) is 16.1. The van der Waals surface area contributed by atoms with E-state index >= 15 is 0 Å². The molecule has 0 radical (unpaired) electrons. The fourth-order valence-electron chi connectivity index (χ4n) is 3.32. The smallest absolute Gasteiger partial charge is 0.225 e. The Labute approximate surface area is 163 Å². The molecule has 0 aliphatic carbocycles. The Morgan fingerprint density at radius 3 is 2.71 bits per heavy atom. The first-order valence-corrected chi connectivity index (χ1v) is 11.0. The average molecular weight is 401 g/mol. The van der Waals surface area contributed by atoms with Crippen LogP contribution < -0.4 is 9.62 Å². The maximum absolute atomic E-state index is 11.3. The molecule has 0 aromatic carbocycles. The van der Waals surface area contributed by atoms with Crippen molar-refractivity contribution in [1.29, 1.82) is 0 Å². The molecular formula is C18H23N7O2S. The summed E-state index contributed by atoms with van der Waals surface area (Å²) in [5.74, 6) is 0.609. The highest BCUT2D eigenvalue weighted by Gasteiger charge is 2.30. The van der Waals surface area contributed by atoms with Crippen molar-refractivity contribution in [1.82, 2.24) is 29.2 Å². The molecule has 148 valence electrons. The van der Waals surface area contributed by atoms with Gasteiger partial charge in [-0.3, -0.25) is 4.98 Å². The van der Waals surface area contributed by atoms with Crippen molar-refractivity contribution >= 4 is 27.0 Å². The lowest BCUT2D eigenvalue weighted by molar-refractivity contribution is 0.463. The maximum Gasteiger partial charge on any atom is 0.225 e. The Balaban J connectivity index is 1.48. The number of aromatic nitrogens is 5. The van der Waals surface area contributed by atoms with Crippen LogP contribution in [0.15, 0.2) is 30.9 Å². The van der Waals surface area contributed by atoms with E-state index in [-0.39, 0.29) is 6.04 Å². The Morgan fingerprint density at radius 2 is 2.00 bits per heavy atom. The SMILES string of the molecule is CC(C)n1cnc2cnc(Cc3ccnc(N4CC(NS(C)(=O)=O)C4)n3)cc21. The summed E-state index contributed by atoms with van der Waals surface area (Å²) in [5, 5.41) is 0.